The second kappa shape index (κ2) is 5.21. The Labute approximate surface area is 114 Å². The predicted octanol–water partition coefficient (Wildman–Crippen LogP) is 3.95. The van der Waals surface area contributed by atoms with Gasteiger partial charge in [0.15, 0.2) is 0 Å². The maximum atomic E-state index is 6.05. The molecule has 0 amide bonds. The Bertz CT molecular complexity index is 560. The van der Waals surface area contributed by atoms with Crippen molar-refractivity contribution in [2.45, 2.75) is 23.9 Å². The molecule has 0 N–H and O–H groups in total. The van der Waals surface area contributed by atoms with Gasteiger partial charge in [-0.1, -0.05) is 23.2 Å². The Morgan fingerprint density at radius 2 is 1.88 bits per heavy atom. The van der Waals surface area contributed by atoms with E-state index in [1.54, 1.807) is 25.3 Å². The molecule has 0 fully saturated rings. The van der Waals surface area contributed by atoms with Crippen molar-refractivity contribution in [3.8, 4) is 0 Å². The highest BCUT2D eigenvalue weighted by Crippen LogP contribution is 2.33. The third kappa shape index (κ3) is 2.89. The molecular weight excluding hydrogens is 277 g/mol. The van der Waals surface area contributed by atoms with Crippen LogP contribution in [0.5, 0.6) is 0 Å². The molecule has 2 aromatic heterocycles. The van der Waals surface area contributed by atoms with Crippen LogP contribution in [-0.4, -0.2) is 15.0 Å². The van der Waals surface area contributed by atoms with Crippen LogP contribution in [0.1, 0.15) is 11.4 Å². The zero-order chi connectivity index (χ0) is 12.4. The molecule has 0 spiro atoms. The fourth-order valence-corrected chi connectivity index (χ4v) is 2.60. The van der Waals surface area contributed by atoms with Gasteiger partial charge in [0.05, 0.1) is 5.02 Å². The van der Waals surface area contributed by atoms with Crippen LogP contribution in [0.4, 0.5) is 0 Å². The molecule has 0 aliphatic carbocycles. The highest BCUT2D eigenvalue weighted by molar-refractivity contribution is 7.99. The minimum Gasteiger partial charge on any atom is -0.248 e. The standard InChI is InChI=1S/C11H9Cl2N3S/c1-6-9(13)15-7(2)16-10(6)17-11-8(12)4-3-5-14-11/h3-5H,1-2H3. The fraction of sp³-hybridized carbons (Fsp3) is 0.182. The quantitative estimate of drug-likeness (QED) is 0.784. The van der Waals surface area contributed by atoms with Crippen molar-refractivity contribution in [1.82, 2.24) is 15.0 Å². The third-order valence-corrected chi connectivity index (χ3v) is 3.97. The van der Waals surface area contributed by atoms with Crippen LogP contribution in [0.15, 0.2) is 28.4 Å². The van der Waals surface area contributed by atoms with Crippen LogP contribution in [0.2, 0.25) is 10.2 Å². The van der Waals surface area contributed by atoms with Gasteiger partial charge in [-0.2, -0.15) is 0 Å². The summed E-state index contributed by atoms with van der Waals surface area (Å²) in [6, 6.07) is 3.58. The topological polar surface area (TPSA) is 38.7 Å². The van der Waals surface area contributed by atoms with Gasteiger partial charge in [-0.05, 0) is 37.7 Å². The molecule has 0 aliphatic heterocycles. The Morgan fingerprint density at radius 3 is 2.59 bits per heavy atom. The Kier molecular flexibility index (Phi) is 3.86. The average molecular weight is 286 g/mol. The minimum atomic E-state index is 0.465. The largest absolute Gasteiger partial charge is 0.248 e. The monoisotopic (exact) mass is 285 g/mol. The van der Waals surface area contributed by atoms with E-state index in [2.05, 4.69) is 15.0 Å². The van der Waals surface area contributed by atoms with E-state index in [1.807, 2.05) is 6.92 Å². The highest BCUT2D eigenvalue weighted by Gasteiger charge is 2.11. The summed E-state index contributed by atoms with van der Waals surface area (Å²) in [6.07, 6.45) is 1.69. The number of pyridine rings is 1. The van der Waals surface area contributed by atoms with Gasteiger partial charge in [0.25, 0.3) is 0 Å². The maximum Gasteiger partial charge on any atom is 0.136 e. The summed E-state index contributed by atoms with van der Waals surface area (Å²) in [4.78, 5) is 12.6. The lowest BCUT2D eigenvalue weighted by molar-refractivity contribution is 0.935. The lowest BCUT2D eigenvalue weighted by Gasteiger charge is -2.07. The molecule has 2 aromatic rings. The molecule has 0 saturated heterocycles. The lowest BCUT2D eigenvalue weighted by Crippen LogP contribution is -1.95. The highest BCUT2D eigenvalue weighted by atomic mass is 35.5. The smallest absolute Gasteiger partial charge is 0.136 e. The summed E-state index contributed by atoms with van der Waals surface area (Å²) in [5, 5.41) is 2.56. The molecule has 0 radical (unpaired) electrons. The maximum absolute atomic E-state index is 6.05. The first-order valence-electron chi connectivity index (χ1n) is 4.87. The molecule has 3 nitrogen and oxygen atoms in total. The van der Waals surface area contributed by atoms with Gasteiger partial charge >= 0.3 is 0 Å². The Morgan fingerprint density at radius 1 is 1.12 bits per heavy atom. The fourth-order valence-electron chi connectivity index (χ4n) is 1.21. The molecule has 0 atom stereocenters. The van der Waals surface area contributed by atoms with Crippen molar-refractivity contribution in [1.29, 1.82) is 0 Å². The normalized spacial score (nSPS) is 10.6. The Balaban J connectivity index is 2.40. The first-order valence-corrected chi connectivity index (χ1v) is 6.44. The number of aryl methyl sites for hydroxylation is 1. The zero-order valence-corrected chi connectivity index (χ0v) is 11.6. The number of rotatable bonds is 2. The first-order chi connectivity index (χ1) is 8.08. The summed E-state index contributed by atoms with van der Waals surface area (Å²) in [5.41, 5.74) is 0.837. The Hall–Kier alpha value is -0.840. The van der Waals surface area contributed by atoms with Crippen molar-refractivity contribution < 1.29 is 0 Å². The molecule has 0 aliphatic rings. The molecule has 88 valence electrons. The summed E-state index contributed by atoms with van der Waals surface area (Å²) in [5.74, 6) is 0.634. The van der Waals surface area contributed by atoms with E-state index < -0.39 is 0 Å². The number of nitrogens with zero attached hydrogens (tertiary/aromatic N) is 3. The zero-order valence-electron chi connectivity index (χ0n) is 9.24. The molecule has 0 unspecified atom stereocenters. The van der Waals surface area contributed by atoms with Crippen molar-refractivity contribution in [3.63, 3.8) is 0 Å². The summed E-state index contributed by atoms with van der Waals surface area (Å²) < 4.78 is 0. The van der Waals surface area contributed by atoms with Gasteiger partial charge < -0.3 is 0 Å². The SMILES string of the molecule is Cc1nc(Cl)c(C)c(Sc2ncccc2Cl)n1. The van der Waals surface area contributed by atoms with Crippen LogP contribution < -0.4 is 0 Å². The number of aromatic nitrogens is 3. The van der Waals surface area contributed by atoms with Crippen molar-refractivity contribution >= 4 is 35.0 Å². The van der Waals surface area contributed by atoms with E-state index in [0.717, 1.165) is 10.6 Å². The number of halogens is 2. The second-order valence-electron chi connectivity index (χ2n) is 3.38. The van der Waals surface area contributed by atoms with Crippen LogP contribution >= 0.6 is 35.0 Å². The molecule has 0 aromatic carbocycles. The summed E-state index contributed by atoms with van der Waals surface area (Å²) in [6.45, 7) is 3.68. The molecule has 17 heavy (non-hydrogen) atoms. The second-order valence-corrected chi connectivity index (χ2v) is 5.13. The molecule has 0 bridgehead atoms. The van der Waals surface area contributed by atoms with Crippen LogP contribution in [0.3, 0.4) is 0 Å². The van der Waals surface area contributed by atoms with Crippen molar-refractivity contribution in [2.24, 2.45) is 0 Å². The molecular formula is C11H9Cl2N3S. The molecule has 2 rings (SSSR count). The first kappa shape index (κ1) is 12.6. The van der Waals surface area contributed by atoms with E-state index in [9.17, 15) is 0 Å². The van der Waals surface area contributed by atoms with Crippen molar-refractivity contribution in [2.75, 3.05) is 0 Å². The predicted molar refractivity (Wildman–Crippen MR) is 69.9 cm³/mol. The van der Waals surface area contributed by atoms with Crippen molar-refractivity contribution in [3.05, 3.63) is 39.9 Å². The molecule has 0 saturated carbocycles. The van der Waals surface area contributed by atoms with E-state index >= 15 is 0 Å². The van der Waals surface area contributed by atoms with Gasteiger partial charge in [0, 0.05) is 11.8 Å². The van der Waals surface area contributed by atoms with E-state index in [1.165, 1.54) is 11.8 Å². The van der Waals surface area contributed by atoms with Crippen LogP contribution in [0, 0.1) is 13.8 Å². The minimum absolute atomic E-state index is 0.465. The summed E-state index contributed by atoms with van der Waals surface area (Å²) >= 11 is 13.4. The van der Waals surface area contributed by atoms with E-state index in [4.69, 9.17) is 23.2 Å². The summed E-state index contributed by atoms with van der Waals surface area (Å²) in [7, 11) is 0. The number of hydrogen-bond acceptors (Lipinski definition) is 4. The third-order valence-electron chi connectivity index (χ3n) is 2.07. The lowest BCUT2D eigenvalue weighted by atomic mass is 10.4. The van der Waals surface area contributed by atoms with Crippen LogP contribution in [-0.2, 0) is 0 Å². The van der Waals surface area contributed by atoms with Gasteiger partial charge in [0.2, 0.25) is 0 Å². The molecule has 2 heterocycles. The average Bonchev–Trinajstić information content (AvgIpc) is 2.28. The van der Waals surface area contributed by atoms with Gasteiger partial charge in [-0.25, -0.2) is 15.0 Å². The van der Waals surface area contributed by atoms with E-state index in [0.29, 0.717) is 21.0 Å². The number of hydrogen-bond donors (Lipinski definition) is 0. The van der Waals surface area contributed by atoms with Gasteiger partial charge in [-0.15, -0.1) is 0 Å². The van der Waals surface area contributed by atoms with Gasteiger partial charge in [-0.3, -0.25) is 0 Å². The van der Waals surface area contributed by atoms with Crippen LogP contribution in [0.25, 0.3) is 0 Å². The van der Waals surface area contributed by atoms with E-state index in [-0.39, 0.29) is 0 Å². The van der Waals surface area contributed by atoms with Gasteiger partial charge in [0.1, 0.15) is 21.0 Å². The molecule has 6 heteroatoms.